The maximum absolute atomic E-state index is 7.14. The number of fused-ring (bicyclic) bond motifs is 6. The molecule has 0 atom stereocenters. The first-order valence-electron chi connectivity index (χ1n) is 22.2. The van der Waals surface area contributed by atoms with Gasteiger partial charge in [0.05, 0.1) is 27.6 Å². The zero-order valence-corrected chi connectivity index (χ0v) is 38.3. The van der Waals surface area contributed by atoms with Crippen LogP contribution in [0.1, 0.15) is 25.0 Å². The molecule has 10 heteroatoms. The molecule has 0 saturated carbocycles. The van der Waals surface area contributed by atoms with Crippen molar-refractivity contribution in [3.8, 4) is 51.6 Å². The van der Waals surface area contributed by atoms with Crippen LogP contribution in [0.3, 0.4) is 0 Å². The summed E-state index contributed by atoms with van der Waals surface area (Å²) in [5.74, 6) is 4.34. The summed E-state index contributed by atoms with van der Waals surface area (Å²) in [5.41, 5.74) is 15.3. The van der Waals surface area contributed by atoms with Gasteiger partial charge in [-0.15, -0.1) is 35.9 Å². The first kappa shape index (κ1) is 38.4. The van der Waals surface area contributed by atoms with Gasteiger partial charge < -0.3 is 28.2 Å². The van der Waals surface area contributed by atoms with Gasteiger partial charge in [0.25, 0.3) is 13.0 Å². The summed E-state index contributed by atoms with van der Waals surface area (Å²) in [7, 11) is 0. The Morgan fingerprint density at radius 1 is 0.657 bits per heavy atom. The predicted molar refractivity (Wildman–Crippen MR) is 258 cm³/mol. The van der Waals surface area contributed by atoms with Crippen LogP contribution in [0, 0.1) is 18.5 Å². The number of hydrogen-bond donors (Lipinski definition) is 0. The molecule has 0 spiro atoms. The Bertz CT molecular complexity index is 3900. The van der Waals surface area contributed by atoms with Crippen molar-refractivity contribution in [2.75, 3.05) is 4.90 Å². The summed E-state index contributed by atoms with van der Waals surface area (Å²) >= 11 is 0. The monoisotopic (exact) mass is 1040 g/mol. The zero-order chi connectivity index (χ0) is 43.4. The van der Waals surface area contributed by atoms with Crippen molar-refractivity contribution in [2.45, 2.75) is 19.3 Å². The van der Waals surface area contributed by atoms with Gasteiger partial charge in [0.2, 0.25) is 0 Å². The van der Waals surface area contributed by atoms with Gasteiger partial charge >= 0.3 is 0 Å². The van der Waals surface area contributed by atoms with E-state index in [1.165, 1.54) is 5.56 Å². The smallest absolute Gasteiger partial charge is 0.268 e. The van der Waals surface area contributed by atoms with Crippen molar-refractivity contribution >= 4 is 73.1 Å². The standard InChI is InChI=1S/C57H34BN5O3.Pt/c1-57(2)40-28-27-38(31-45(40)61-33-60(34-14-5-3-6-15-34)44-24-10-21-41(57)54(44)61)64-37-19-9-18-36(30-37)63-46-32-49-53-55(50(46)39-20-13-29-59-56(39)63)66-48-26-12-23-43-52(48)58(53)51-42(22-11-25-47(51)65-49)62(43)35-16-7-4-8-17-35;/h3-29,32H,1-2H3;/q-2;. The van der Waals surface area contributed by atoms with Gasteiger partial charge in [0.15, 0.2) is 0 Å². The van der Waals surface area contributed by atoms with Crippen LogP contribution in [0.4, 0.5) is 17.1 Å². The SMILES string of the molecule is CC1(C)c2ccc(Oc3[c-]c(-n4c5cc6c7c(c5c5cccnc54)Oc4cccc5c4B7c4c(cccc4N5c4ccccc4)O6)ccc3)[c-]c2-n2[c-][n+](-c3ccccc3)c3cccc1c32.[Pt]. The van der Waals surface area contributed by atoms with E-state index in [-0.39, 0.29) is 33.2 Å². The third-order valence-corrected chi connectivity index (χ3v) is 14.0. The number of aromatic nitrogens is 4. The zero-order valence-electron chi connectivity index (χ0n) is 36.0. The summed E-state index contributed by atoms with van der Waals surface area (Å²) in [6.45, 7) is 4.46. The van der Waals surface area contributed by atoms with E-state index >= 15 is 0 Å². The van der Waals surface area contributed by atoms with E-state index in [4.69, 9.17) is 19.2 Å². The minimum absolute atomic E-state index is 0. The Kier molecular flexibility index (Phi) is 7.93. The molecule has 8 aromatic carbocycles. The second kappa shape index (κ2) is 13.8. The number of para-hydroxylation sites is 3. The molecule has 0 aliphatic carbocycles. The molecular formula is C57H34BN5O3Pt-2. The van der Waals surface area contributed by atoms with E-state index in [9.17, 15) is 0 Å². The van der Waals surface area contributed by atoms with Crippen LogP contribution < -0.4 is 40.1 Å². The van der Waals surface area contributed by atoms with Crippen LogP contribution in [0.2, 0.25) is 0 Å². The maximum Gasteiger partial charge on any atom is 0.268 e. The van der Waals surface area contributed by atoms with Crippen molar-refractivity contribution < 1.29 is 39.8 Å². The molecular weight excluding hydrogens is 1010 g/mol. The molecule has 15 rings (SSSR count). The number of ether oxygens (including phenoxy) is 3. The molecule has 4 aliphatic heterocycles. The van der Waals surface area contributed by atoms with E-state index in [1.807, 2.05) is 42.6 Å². The Morgan fingerprint density at radius 3 is 2.19 bits per heavy atom. The topological polar surface area (TPSA) is 57.6 Å². The molecule has 0 unspecified atom stereocenters. The molecule has 320 valence electrons. The van der Waals surface area contributed by atoms with Crippen LogP contribution in [0.5, 0.6) is 34.5 Å². The number of pyridine rings is 1. The maximum atomic E-state index is 7.14. The summed E-state index contributed by atoms with van der Waals surface area (Å²) < 4.78 is 27.2. The fourth-order valence-electron chi connectivity index (χ4n) is 11.2. The van der Waals surface area contributed by atoms with Crippen molar-refractivity contribution in [1.82, 2.24) is 14.1 Å². The molecule has 3 aromatic heterocycles. The normalized spacial score (nSPS) is 14.0. The molecule has 8 nitrogen and oxygen atoms in total. The van der Waals surface area contributed by atoms with Gasteiger partial charge in [-0.05, 0) is 88.3 Å². The van der Waals surface area contributed by atoms with Gasteiger partial charge in [0, 0.05) is 72.7 Å². The molecule has 11 aromatic rings. The quantitative estimate of drug-likeness (QED) is 0.0977. The molecule has 0 radical (unpaired) electrons. The molecule has 0 N–H and O–H groups in total. The van der Waals surface area contributed by atoms with Crippen molar-refractivity contribution in [3.05, 3.63) is 200 Å². The fraction of sp³-hybridized carbons (Fsp3) is 0.0526. The number of rotatable bonds is 5. The van der Waals surface area contributed by atoms with E-state index in [0.29, 0.717) is 11.5 Å². The van der Waals surface area contributed by atoms with Crippen molar-refractivity contribution in [1.29, 1.82) is 0 Å². The first-order valence-corrected chi connectivity index (χ1v) is 22.2. The molecule has 0 fully saturated rings. The molecule has 0 bridgehead atoms. The van der Waals surface area contributed by atoms with Crippen molar-refractivity contribution in [3.63, 3.8) is 0 Å². The minimum Gasteiger partial charge on any atom is -0.510 e. The van der Waals surface area contributed by atoms with E-state index in [1.54, 1.807) is 0 Å². The van der Waals surface area contributed by atoms with E-state index in [0.717, 1.165) is 112 Å². The fourth-order valence-corrected chi connectivity index (χ4v) is 11.2. The third kappa shape index (κ3) is 5.18. The van der Waals surface area contributed by atoms with E-state index < -0.39 is 0 Å². The number of hydrogen-bond acceptors (Lipinski definition) is 5. The summed E-state index contributed by atoms with van der Waals surface area (Å²) in [6, 6.07) is 63.8. The van der Waals surface area contributed by atoms with Gasteiger partial charge in [-0.25, -0.2) is 4.98 Å². The molecule has 7 heterocycles. The van der Waals surface area contributed by atoms with Gasteiger partial charge in [-0.2, -0.15) is 12.1 Å². The second-order valence-corrected chi connectivity index (χ2v) is 17.9. The molecule has 4 aliphatic rings. The van der Waals surface area contributed by atoms with Crippen LogP contribution in [-0.2, 0) is 26.5 Å². The Labute approximate surface area is 400 Å². The predicted octanol–water partition coefficient (Wildman–Crippen LogP) is 10.7. The molecule has 0 amide bonds. The van der Waals surface area contributed by atoms with Crippen LogP contribution >= 0.6 is 0 Å². The Balaban J connectivity index is 0.00000427. The van der Waals surface area contributed by atoms with E-state index in [2.05, 4.69) is 178 Å². The molecule has 67 heavy (non-hydrogen) atoms. The largest absolute Gasteiger partial charge is 0.510 e. The van der Waals surface area contributed by atoms with Gasteiger partial charge in [-0.3, -0.25) is 4.57 Å². The van der Waals surface area contributed by atoms with Gasteiger partial charge in [0.1, 0.15) is 28.6 Å². The summed E-state index contributed by atoms with van der Waals surface area (Å²) in [4.78, 5) is 7.33. The van der Waals surface area contributed by atoms with Crippen LogP contribution in [0.25, 0.3) is 50.0 Å². The second-order valence-electron chi connectivity index (χ2n) is 17.9. The van der Waals surface area contributed by atoms with Crippen LogP contribution in [-0.4, -0.2) is 20.8 Å². The third-order valence-electron chi connectivity index (χ3n) is 14.0. The number of anilines is 3. The van der Waals surface area contributed by atoms with Crippen LogP contribution in [0.15, 0.2) is 170 Å². The molecule has 0 saturated heterocycles. The van der Waals surface area contributed by atoms with Crippen molar-refractivity contribution in [2.24, 2.45) is 0 Å². The van der Waals surface area contributed by atoms with Gasteiger partial charge in [-0.1, -0.05) is 86.3 Å². The number of imidazole rings is 1. The summed E-state index contributed by atoms with van der Waals surface area (Å²) in [5, 5.41) is 1.94. The first-order chi connectivity index (χ1) is 32.5. The summed E-state index contributed by atoms with van der Waals surface area (Å²) in [6.07, 6.45) is 5.50. The Morgan fingerprint density at radius 2 is 1.39 bits per heavy atom. The average molecular weight is 1040 g/mol. The Hall–Kier alpha value is -7.87. The minimum atomic E-state index is -0.281. The average Bonchev–Trinajstić information content (AvgIpc) is 3.91. The number of benzene rings is 8. The number of nitrogens with zero attached hydrogens (tertiary/aromatic N) is 5.